The molecule has 0 spiro atoms. The van der Waals surface area contributed by atoms with Crippen molar-refractivity contribution in [1.29, 1.82) is 0 Å². The van der Waals surface area contributed by atoms with E-state index in [2.05, 4.69) is 0 Å². The highest BCUT2D eigenvalue weighted by Crippen LogP contribution is 2.30. The van der Waals surface area contributed by atoms with Gasteiger partial charge in [0.25, 0.3) is 0 Å². The maximum atomic E-state index is 11.7. The second-order valence-corrected chi connectivity index (χ2v) is 5.44. The van der Waals surface area contributed by atoms with Crippen LogP contribution in [-0.2, 0) is 38.1 Å². The fraction of sp³-hybridized carbons (Fsp3) is 0.714. The van der Waals surface area contributed by atoms with Gasteiger partial charge in [-0.1, -0.05) is 0 Å². The first-order chi connectivity index (χ1) is 11.4. The summed E-state index contributed by atoms with van der Waals surface area (Å²) in [6.07, 6.45) is -4.12. The molecular formula is C14H18O10. The number of esters is 2. The number of carbonyl (C=O) groups excluding carboxylic acids is 2. The first kappa shape index (κ1) is 18.1. The Morgan fingerprint density at radius 1 is 0.792 bits per heavy atom. The van der Waals surface area contributed by atoms with Crippen LogP contribution in [0, 0.1) is 0 Å². The maximum Gasteiger partial charge on any atom is 0.306 e. The topological polar surface area (TPSA) is 152 Å². The average Bonchev–Trinajstić information content (AvgIpc) is 3.37. The lowest BCUT2D eigenvalue weighted by Gasteiger charge is -2.24. The quantitative estimate of drug-likeness (QED) is 0.364. The number of carbonyl (C=O) groups is 4. The van der Waals surface area contributed by atoms with E-state index >= 15 is 0 Å². The van der Waals surface area contributed by atoms with Crippen LogP contribution < -0.4 is 0 Å². The van der Waals surface area contributed by atoms with Crippen molar-refractivity contribution in [3.63, 3.8) is 0 Å². The molecule has 2 fully saturated rings. The molecular weight excluding hydrogens is 328 g/mol. The zero-order chi connectivity index (χ0) is 17.7. The molecule has 10 nitrogen and oxygen atoms in total. The molecule has 0 radical (unpaired) electrons. The zero-order valence-electron chi connectivity index (χ0n) is 12.7. The summed E-state index contributed by atoms with van der Waals surface area (Å²) in [5, 5.41) is 17.2. The third-order valence-corrected chi connectivity index (χ3v) is 3.40. The molecule has 0 aromatic heterocycles. The molecule has 0 bridgehead atoms. The summed E-state index contributed by atoms with van der Waals surface area (Å²) in [4.78, 5) is 44.5. The Labute approximate surface area is 136 Å². The van der Waals surface area contributed by atoms with Crippen LogP contribution in [0.3, 0.4) is 0 Å². The van der Waals surface area contributed by atoms with Crippen molar-refractivity contribution in [1.82, 2.24) is 0 Å². The molecule has 10 heteroatoms. The predicted molar refractivity (Wildman–Crippen MR) is 73.0 cm³/mol. The summed E-state index contributed by atoms with van der Waals surface area (Å²) in [6, 6.07) is 0. The second-order valence-electron chi connectivity index (χ2n) is 5.44. The Morgan fingerprint density at radius 3 is 1.38 bits per heavy atom. The summed E-state index contributed by atoms with van der Waals surface area (Å²) < 4.78 is 20.6. The van der Waals surface area contributed by atoms with E-state index in [1.165, 1.54) is 0 Å². The van der Waals surface area contributed by atoms with Gasteiger partial charge in [0.15, 0.2) is 12.2 Å². The lowest BCUT2D eigenvalue weighted by molar-refractivity contribution is -0.172. The average molecular weight is 346 g/mol. The summed E-state index contributed by atoms with van der Waals surface area (Å²) in [5.41, 5.74) is 0. The fourth-order valence-electron chi connectivity index (χ4n) is 2.04. The van der Waals surface area contributed by atoms with Crippen LogP contribution in [0.25, 0.3) is 0 Å². The van der Waals surface area contributed by atoms with Crippen molar-refractivity contribution >= 4 is 23.9 Å². The third-order valence-electron chi connectivity index (χ3n) is 3.40. The molecule has 2 N–H and O–H groups in total. The van der Waals surface area contributed by atoms with Crippen LogP contribution >= 0.6 is 0 Å². The predicted octanol–water partition coefficient (Wildman–Crippen LogP) is -0.663. The molecule has 0 amide bonds. The van der Waals surface area contributed by atoms with Crippen LogP contribution in [0.4, 0.5) is 0 Å². The Kier molecular flexibility index (Phi) is 6.10. The molecule has 0 aromatic rings. The number of ether oxygens (including phenoxy) is 4. The lowest BCUT2D eigenvalue weighted by atomic mass is 10.1. The largest absolute Gasteiger partial charge is 0.481 e. The summed E-state index contributed by atoms with van der Waals surface area (Å²) in [5.74, 6) is -3.75. The molecule has 2 rings (SSSR count). The van der Waals surface area contributed by atoms with Gasteiger partial charge in [-0.15, -0.1) is 0 Å². The number of carboxylic acids is 2. The van der Waals surface area contributed by atoms with Crippen LogP contribution in [0.1, 0.15) is 25.7 Å². The number of rotatable bonds is 11. The minimum absolute atomic E-state index is 0.312. The van der Waals surface area contributed by atoms with E-state index in [4.69, 9.17) is 29.2 Å². The van der Waals surface area contributed by atoms with E-state index in [9.17, 15) is 19.2 Å². The maximum absolute atomic E-state index is 11.7. The number of epoxide rings is 2. The molecule has 0 aromatic carbocycles. The van der Waals surface area contributed by atoms with Gasteiger partial charge in [-0.05, 0) is 0 Å². The summed E-state index contributed by atoms with van der Waals surface area (Å²) in [6.45, 7) is 0.625. The Hall–Kier alpha value is -2.20. The van der Waals surface area contributed by atoms with E-state index in [-0.39, 0.29) is 25.7 Å². The van der Waals surface area contributed by atoms with Crippen LogP contribution in [0.15, 0.2) is 0 Å². The minimum atomic E-state index is -1.13. The van der Waals surface area contributed by atoms with Gasteiger partial charge in [-0.3, -0.25) is 19.2 Å². The van der Waals surface area contributed by atoms with Gasteiger partial charge < -0.3 is 29.2 Å². The van der Waals surface area contributed by atoms with E-state index in [0.29, 0.717) is 13.2 Å². The highest BCUT2D eigenvalue weighted by molar-refractivity contribution is 5.77. The van der Waals surface area contributed by atoms with Crippen molar-refractivity contribution in [2.45, 2.75) is 50.1 Å². The van der Waals surface area contributed by atoms with Gasteiger partial charge >= 0.3 is 23.9 Å². The second kappa shape index (κ2) is 8.06. The van der Waals surface area contributed by atoms with Crippen molar-refractivity contribution in [3.8, 4) is 0 Å². The monoisotopic (exact) mass is 346 g/mol. The lowest BCUT2D eigenvalue weighted by Crippen LogP contribution is -2.43. The normalized spacial score (nSPS) is 23.7. The Balaban J connectivity index is 1.92. The number of carboxylic acid groups (broad SMARTS) is 2. The van der Waals surface area contributed by atoms with Crippen molar-refractivity contribution in [2.24, 2.45) is 0 Å². The Morgan fingerprint density at radius 2 is 1.12 bits per heavy atom. The number of hydrogen-bond donors (Lipinski definition) is 2. The van der Waals surface area contributed by atoms with Gasteiger partial charge in [-0.25, -0.2) is 0 Å². The van der Waals surface area contributed by atoms with Gasteiger partial charge in [-0.2, -0.15) is 0 Å². The number of aliphatic carboxylic acids is 2. The molecule has 2 aliphatic rings. The smallest absolute Gasteiger partial charge is 0.306 e. The molecule has 134 valence electrons. The highest BCUT2D eigenvalue weighted by Gasteiger charge is 2.50. The number of hydrogen-bond acceptors (Lipinski definition) is 8. The van der Waals surface area contributed by atoms with Crippen molar-refractivity contribution < 1.29 is 48.3 Å². The van der Waals surface area contributed by atoms with Crippen molar-refractivity contribution in [2.75, 3.05) is 13.2 Å². The van der Waals surface area contributed by atoms with E-state index < -0.39 is 48.3 Å². The standard InChI is InChI=1S/C14H18O10/c15-9(16)1-3-11(19)23-13(7-5-21-7)14(8-6-22-8)24-12(20)4-2-10(17)18/h7-8,13-14H,1-6H2,(H,15,16)(H,17,18)/t7-,8+,13+,14-. The van der Waals surface area contributed by atoms with E-state index in [1.54, 1.807) is 0 Å². The van der Waals surface area contributed by atoms with Gasteiger partial charge in [0.1, 0.15) is 12.2 Å². The van der Waals surface area contributed by atoms with E-state index in [1.807, 2.05) is 0 Å². The molecule has 2 heterocycles. The third kappa shape index (κ3) is 6.13. The zero-order valence-corrected chi connectivity index (χ0v) is 12.7. The van der Waals surface area contributed by atoms with Crippen LogP contribution in [0.5, 0.6) is 0 Å². The Bertz CT molecular complexity index is 462. The van der Waals surface area contributed by atoms with Gasteiger partial charge in [0.2, 0.25) is 0 Å². The molecule has 2 saturated heterocycles. The highest BCUT2D eigenvalue weighted by atomic mass is 16.7. The van der Waals surface area contributed by atoms with Crippen molar-refractivity contribution in [3.05, 3.63) is 0 Å². The summed E-state index contributed by atoms with van der Waals surface area (Å²) >= 11 is 0. The summed E-state index contributed by atoms with van der Waals surface area (Å²) in [7, 11) is 0. The molecule has 4 atom stereocenters. The van der Waals surface area contributed by atoms with Crippen LogP contribution in [-0.4, -0.2) is 71.7 Å². The first-order valence-electron chi connectivity index (χ1n) is 7.42. The minimum Gasteiger partial charge on any atom is -0.481 e. The fourth-order valence-corrected chi connectivity index (χ4v) is 2.04. The molecule has 0 unspecified atom stereocenters. The molecule has 0 saturated carbocycles. The molecule has 2 aliphatic heterocycles. The first-order valence-corrected chi connectivity index (χ1v) is 7.42. The van der Waals surface area contributed by atoms with Gasteiger partial charge in [0, 0.05) is 0 Å². The van der Waals surface area contributed by atoms with E-state index in [0.717, 1.165) is 0 Å². The molecule has 0 aliphatic carbocycles. The SMILES string of the molecule is O=C(O)CCC(=O)O[C@H]([C@H](OC(=O)CCC(=O)O)[C@@H]1CO1)[C@H]1CO1. The van der Waals surface area contributed by atoms with Crippen LogP contribution in [0.2, 0.25) is 0 Å². The van der Waals surface area contributed by atoms with Gasteiger partial charge in [0.05, 0.1) is 38.9 Å². The molecule has 24 heavy (non-hydrogen) atoms.